The van der Waals surface area contributed by atoms with Gasteiger partial charge >= 0.3 is 0 Å². The smallest absolute Gasteiger partial charge is 0.0506 e. The van der Waals surface area contributed by atoms with Gasteiger partial charge < -0.3 is 0 Å². The Bertz CT molecular complexity index is 349. The van der Waals surface area contributed by atoms with E-state index >= 15 is 0 Å². The Hall–Kier alpha value is -0.860. The van der Waals surface area contributed by atoms with Crippen molar-refractivity contribution in [1.29, 1.82) is 0 Å². The van der Waals surface area contributed by atoms with E-state index in [2.05, 4.69) is 48.1 Å². The standard InChI is InChI=1S/C14H20N2/c1-10-7-8-13-12(9-10)14(16-15-13)11-5-3-2-4-6-11/h2-6,10,12-16H,7-9H2,1H3. The maximum atomic E-state index is 3.49. The number of benzene rings is 1. The van der Waals surface area contributed by atoms with E-state index in [4.69, 9.17) is 0 Å². The van der Waals surface area contributed by atoms with E-state index in [0.717, 1.165) is 11.8 Å². The van der Waals surface area contributed by atoms with Gasteiger partial charge in [0.25, 0.3) is 0 Å². The van der Waals surface area contributed by atoms with Gasteiger partial charge in [0.05, 0.1) is 6.04 Å². The summed E-state index contributed by atoms with van der Waals surface area (Å²) in [6, 6.07) is 12.0. The highest BCUT2D eigenvalue weighted by Crippen LogP contribution is 2.39. The van der Waals surface area contributed by atoms with Crippen LogP contribution in [0.25, 0.3) is 0 Å². The summed E-state index contributed by atoms with van der Waals surface area (Å²) < 4.78 is 0. The maximum Gasteiger partial charge on any atom is 0.0506 e. The normalized spacial score (nSPS) is 38.3. The lowest BCUT2D eigenvalue weighted by molar-refractivity contribution is 0.245. The van der Waals surface area contributed by atoms with Crippen LogP contribution < -0.4 is 10.9 Å². The Morgan fingerprint density at radius 3 is 2.69 bits per heavy atom. The largest absolute Gasteiger partial charge is 0.254 e. The van der Waals surface area contributed by atoms with Crippen LogP contribution in [0.2, 0.25) is 0 Å². The van der Waals surface area contributed by atoms with Crippen LogP contribution in [0.4, 0.5) is 0 Å². The van der Waals surface area contributed by atoms with E-state index in [1.165, 1.54) is 24.8 Å². The van der Waals surface area contributed by atoms with Crippen molar-refractivity contribution in [1.82, 2.24) is 10.9 Å². The van der Waals surface area contributed by atoms with Crippen molar-refractivity contribution in [3.63, 3.8) is 0 Å². The molecule has 1 saturated carbocycles. The predicted octanol–water partition coefficient (Wildman–Crippen LogP) is 2.64. The molecule has 1 aromatic carbocycles. The third kappa shape index (κ3) is 1.76. The van der Waals surface area contributed by atoms with Gasteiger partial charge in [0, 0.05) is 6.04 Å². The zero-order valence-electron chi connectivity index (χ0n) is 9.82. The summed E-state index contributed by atoms with van der Waals surface area (Å²) in [5.41, 5.74) is 8.39. The third-order valence-electron chi connectivity index (χ3n) is 4.17. The summed E-state index contributed by atoms with van der Waals surface area (Å²) in [4.78, 5) is 0. The minimum absolute atomic E-state index is 0.508. The lowest BCUT2D eigenvalue weighted by atomic mass is 9.75. The van der Waals surface area contributed by atoms with Crippen LogP contribution in [-0.2, 0) is 0 Å². The maximum absolute atomic E-state index is 3.49. The van der Waals surface area contributed by atoms with Crippen molar-refractivity contribution in [2.24, 2.45) is 11.8 Å². The minimum atomic E-state index is 0.508. The zero-order valence-corrected chi connectivity index (χ0v) is 9.82. The monoisotopic (exact) mass is 216 g/mol. The molecular formula is C14H20N2. The molecule has 86 valence electrons. The van der Waals surface area contributed by atoms with Crippen LogP contribution in [0.1, 0.15) is 37.8 Å². The Balaban J connectivity index is 1.82. The molecular weight excluding hydrogens is 196 g/mol. The van der Waals surface area contributed by atoms with E-state index in [0.29, 0.717) is 12.1 Å². The molecule has 4 unspecified atom stereocenters. The Morgan fingerprint density at radius 1 is 1.06 bits per heavy atom. The fraction of sp³-hybridized carbons (Fsp3) is 0.571. The highest BCUT2D eigenvalue weighted by molar-refractivity contribution is 5.21. The van der Waals surface area contributed by atoms with Crippen molar-refractivity contribution in [3.8, 4) is 0 Å². The van der Waals surface area contributed by atoms with Gasteiger partial charge in [-0.1, -0.05) is 37.3 Å². The van der Waals surface area contributed by atoms with Gasteiger partial charge in [-0.2, -0.15) is 0 Å². The summed E-state index contributed by atoms with van der Waals surface area (Å²) >= 11 is 0. The van der Waals surface area contributed by atoms with Crippen LogP contribution in [0.5, 0.6) is 0 Å². The molecule has 0 radical (unpaired) electrons. The van der Waals surface area contributed by atoms with Gasteiger partial charge in [-0.05, 0) is 36.7 Å². The summed E-state index contributed by atoms with van der Waals surface area (Å²) in [6.07, 6.45) is 4.05. The topological polar surface area (TPSA) is 24.1 Å². The molecule has 2 nitrogen and oxygen atoms in total. The predicted molar refractivity (Wildman–Crippen MR) is 65.7 cm³/mol. The molecule has 1 heterocycles. The molecule has 3 rings (SSSR count). The zero-order chi connectivity index (χ0) is 11.0. The van der Waals surface area contributed by atoms with Crippen LogP contribution >= 0.6 is 0 Å². The van der Waals surface area contributed by atoms with E-state index in [1.54, 1.807) is 0 Å². The lowest BCUT2D eigenvalue weighted by Gasteiger charge is -2.31. The van der Waals surface area contributed by atoms with Gasteiger partial charge in [-0.15, -0.1) is 0 Å². The first-order valence-corrected chi connectivity index (χ1v) is 6.40. The molecule has 0 bridgehead atoms. The lowest BCUT2D eigenvalue weighted by Crippen LogP contribution is -2.34. The van der Waals surface area contributed by atoms with E-state index < -0.39 is 0 Å². The molecule has 2 aliphatic rings. The van der Waals surface area contributed by atoms with Crippen LogP contribution in [0, 0.1) is 11.8 Å². The summed E-state index contributed by atoms with van der Waals surface area (Å²) in [5.74, 6) is 1.65. The summed E-state index contributed by atoms with van der Waals surface area (Å²) in [5, 5.41) is 0. The van der Waals surface area contributed by atoms with Crippen molar-refractivity contribution < 1.29 is 0 Å². The molecule has 2 fully saturated rings. The third-order valence-corrected chi connectivity index (χ3v) is 4.17. The summed E-state index contributed by atoms with van der Waals surface area (Å²) in [7, 11) is 0. The SMILES string of the molecule is CC1CCC2NNC(c3ccccc3)C2C1. The number of nitrogens with one attached hydrogen (secondary N) is 2. The van der Waals surface area contributed by atoms with Gasteiger partial charge in [0.2, 0.25) is 0 Å². The van der Waals surface area contributed by atoms with Gasteiger partial charge in [0.1, 0.15) is 0 Å². The van der Waals surface area contributed by atoms with E-state index in [1.807, 2.05) is 0 Å². The number of hydrazine groups is 1. The fourth-order valence-electron chi connectivity index (χ4n) is 3.27. The first-order valence-electron chi connectivity index (χ1n) is 6.40. The highest BCUT2D eigenvalue weighted by Gasteiger charge is 2.39. The molecule has 2 N–H and O–H groups in total. The van der Waals surface area contributed by atoms with Crippen molar-refractivity contribution in [2.75, 3.05) is 0 Å². The van der Waals surface area contributed by atoms with Gasteiger partial charge in [-0.3, -0.25) is 5.43 Å². The Labute approximate surface area is 97.4 Å². The molecule has 1 aliphatic heterocycles. The molecule has 0 spiro atoms. The van der Waals surface area contributed by atoms with Crippen LogP contribution in [-0.4, -0.2) is 6.04 Å². The first kappa shape index (κ1) is 10.3. The molecule has 4 atom stereocenters. The molecule has 1 aliphatic carbocycles. The number of fused-ring (bicyclic) bond motifs is 1. The van der Waals surface area contributed by atoms with Crippen LogP contribution in [0.15, 0.2) is 30.3 Å². The highest BCUT2D eigenvalue weighted by atomic mass is 15.4. The number of hydrogen-bond donors (Lipinski definition) is 2. The molecule has 1 aromatic rings. The molecule has 16 heavy (non-hydrogen) atoms. The molecule has 0 amide bonds. The Morgan fingerprint density at radius 2 is 1.88 bits per heavy atom. The minimum Gasteiger partial charge on any atom is -0.254 e. The van der Waals surface area contributed by atoms with E-state index in [-0.39, 0.29) is 0 Å². The second-order valence-corrected chi connectivity index (χ2v) is 5.37. The number of hydrogen-bond acceptors (Lipinski definition) is 2. The molecule has 0 aromatic heterocycles. The molecule has 1 saturated heterocycles. The fourth-order valence-corrected chi connectivity index (χ4v) is 3.27. The van der Waals surface area contributed by atoms with Crippen molar-refractivity contribution in [3.05, 3.63) is 35.9 Å². The van der Waals surface area contributed by atoms with Gasteiger partial charge in [-0.25, -0.2) is 5.43 Å². The van der Waals surface area contributed by atoms with E-state index in [9.17, 15) is 0 Å². The average molecular weight is 216 g/mol. The van der Waals surface area contributed by atoms with Gasteiger partial charge in [0.15, 0.2) is 0 Å². The quantitative estimate of drug-likeness (QED) is 0.754. The Kier molecular flexibility index (Phi) is 2.70. The number of rotatable bonds is 1. The first-order chi connectivity index (χ1) is 7.84. The van der Waals surface area contributed by atoms with Crippen molar-refractivity contribution >= 4 is 0 Å². The second kappa shape index (κ2) is 4.19. The van der Waals surface area contributed by atoms with Crippen LogP contribution in [0.3, 0.4) is 0 Å². The average Bonchev–Trinajstić information content (AvgIpc) is 2.73. The second-order valence-electron chi connectivity index (χ2n) is 5.37. The summed E-state index contributed by atoms with van der Waals surface area (Å²) in [6.45, 7) is 2.39. The molecule has 2 heteroatoms. The van der Waals surface area contributed by atoms with Crippen molar-refractivity contribution in [2.45, 2.75) is 38.3 Å².